The molecule has 0 unspecified atom stereocenters. The quantitative estimate of drug-likeness (QED) is 0.578. The van der Waals surface area contributed by atoms with Crippen molar-refractivity contribution in [2.45, 2.75) is 32.8 Å². The lowest BCUT2D eigenvalue weighted by molar-refractivity contribution is -0.121. The van der Waals surface area contributed by atoms with Crippen LogP contribution < -0.4 is 0 Å². The minimum absolute atomic E-state index is 0.0104. The van der Waals surface area contributed by atoms with Crippen molar-refractivity contribution in [1.29, 1.82) is 0 Å². The van der Waals surface area contributed by atoms with Crippen LogP contribution >= 0.6 is 0 Å². The Morgan fingerprint density at radius 1 is 1.36 bits per heavy atom. The summed E-state index contributed by atoms with van der Waals surface area (Å²) < 4.78 is 29.4. The van der Waals surface area contributed by atoms with Gasteiger partial charge in [-0.15, -0.1) is 0 Å². The summed E-state index contributed by atoms with van der Waals surface area (Å²) in [4.78, 5) is 0. The normalized spacial score (nSPS) is 39.5. The van der Waals surface area contributed by atoms with Crippen molar-refractivity contribution in [2.75, 3.05) is 6.61 Å². The van der Waals surface area contributed by atoms with Gasteiger partial charge in [0.05, 0.1) is 0 Å². The molecule has 0 saturated carbocycles. The van der Waals surface area contributed by atoms with E-state index in [0.717, 1.165) is 6.42 Å². The van der Waals surface area contributed by atoms with E-state index in [-0.39, 0.29) is 5.92 Å². The maximum absolute atomic E-state index is 12.2. The van der Waals surface area contributed by atoms with Crippen LogP contribution in [-0.2, 0) is 4.74 Å². The first kappa shape index (κ1) is 8.91. The Bertz CT molecular complexity index is 127. The number of hydrogen-bond acceptors (Lipinski definition) is 1. The van der Waals surface area contributed by atoms with E-state index >= 15 is 0 Å². The van der Waals surface area contributed by atoms with E-state index in [4.69, 9.17) is 4.74 Å². The van der Waals surface area contributed by atoms with Gasteiger partial charge >= 0.3 is 0 Å². The summed E-state index contributed by atoms with van der Waals surface area (Å²) in [5.41, 5.74) is 0. The Morgan fingerprint density at radius 3 is 2.45 bits per heavy atom. The van der Waals surface area contributed by atoms with Crippen LogP contribution in [0.15, 0.2) is 0 Å². The van der Waals surface area contributed by atoms with Crippen molar-refractivity contribution < 1.29 is 13.5 Å². The van der Waals surface area contributed by atoms with E-state index < -0.39 is 12.5 Å². The van der Waals surface area contributed by atoms with Gasteiger partial charge in [-0.2, -0.15) is 0 Å². The molecule has 3 heteroatoms. The van der Waals surface area contributed by atoms with E-state index in [0.29, 0.717) is 12.5 Å². The van der Waals surface area contributed by atoms with Crippen LogP contribution in [0.5, 0.6) is 0 Å². The second kappa shape index (κ2) is 3.48. The summed E-state index contributed by atoms with van der Waals surface area (Å²) in [6, 6.07) is 0. The zero-order valence-electron chi connectivity index (χ0n) is 6.89. The molecule has 0 bridgehead atoms. The third-order valence-electron chi connectivity index (χ3n) is 2.55. The van der Waals surface area contributed by atoms with E-state index in [1.54, 1.807) is 0 Å². The molecule has 0 spiro atoms. The van der Waals surface area contributed by atoms with Gasteiger partial charge in [-0.1, -0.05) is 13.8 Å². The highest BCUT2D eigenvalue weighted by Crippen LogP contribution is 2.29. The Morgan fingerprint density at radius 2 is 2.00 bits per heavy atom. The van der Waals surface area contributed by atoms with Crippen molar-refractivity contribution in [1.82, 2.24) is 0 Å². The van der Waals surface area contributed by atoms with Gasteiger partial charge in [-0.25, -0.2) is 8.78 Å². The molecule has 1 rings (SSSR count). The Kier molecular flexibility index (Phi) is 2.82. The third kappa shape index (κ3) is 1.89. The molecule has 11 heavy (non-hydrogen) atoms. The molecular formula is C8H14F2O. The highest BCUT2D eigenvalue weighted by molar-refractivity contribution is 4.77. The molecule has 0 aromatic rings. The molecule has 0 aromatic carbocycles. The molecule has 0 radical (unpaired) electrons. The first-order valence-electron chi connectivity index (χ1n) is 4.02. The van der Waals surface area contributed by atoms with Crippen LogP contribution in [0.1, 0.15) is 20.3 Å². The largest absolute Gasteiger partial charge is 0.372 e. The summed E-state index contributed by atoms with van der Waals surface area (Å²) in [5, 5.41) is 0. The highest BCUT2D eigenvalue weighted by atomic mass is 19.3. The first-order valence-corrected chi connectivity index (χ1v) is 4.02. The van der Waals surface area contributed by atoms with E-state index in [9.17, 15) is 8.78 Å². The predicted molar refractivity (Wildman–Crippen MR) is 38.7 cm³/mol. The SMILES string of the molecule is C[C@@H]1[C@@H](C(F)F)OCC[C@@H]1C. The average Bonchev–Trinajstić information content (AvgIpc) is 1.94. The third-order valence-corrected chi connectivity index (χ3v) is 2.55. The predicted octanol–water partition coefficient (Wildman–Crippen LogP) is 2.31. The first-order chi connectivity index (χ1) is 5.13. The van der Waals surface area contributed by atoms with Crippen LogP contribution in [-0.4, -0.2) is 19.1 Å². The van der Waals surface area contributed by atoms with Crippen LogP contribution in [0.4, 0.5) is 8.78 Å². The van der Waals surface area contributed by atoms with Crippen molar-refractivity contribution in [2.24, 2.45) is 11.8 Å². The molecule has 1 heterocycles. The Labute approximate surface area is 65.7 Å². The fourth-order valence-corrected chi connectivity index (χ4v) is 1.43. The Hall–Kier alpha value is -0.180. The summed E-state index contributed by atoms with van der Waals surface area (Å²) in [6.07, 6.45) is -2.25. The summed E-state index contributed by atoms with van der Waals surface area (Å²) in [7, 11) is 0. The molecule has 66 valence electrons. The van der Waals surface area contributed by atoms with Gasteiger partial charge in [0.15, 0.2) is 0 Å². The van der Waals surface area contributed by atoms with E-state index in [1.165, 1.54) is 0 Å². The topological polar surface area (TPSA) is 9.23 Å². The van der Waals surface area contributed by atoms with Crippen molar-refractivity contribution in [3.8, 4) is 0 Å². The Balaban J connectivity index is 2.51. The van der Waals surface area contributed by atoms with Crippen molar-refractivity contribution in [3.63, 3.8) is 0 Å². The molecule has 0 aliphatic carbocycles. The van der Waals surface area contributed by atoms with Crippen LogP contribution in [0.2, 0.25) is 0 Å². The summed E-state index contributed by atoms with van der Waals surface area (Å²) in [5.74, 6) is 0.353. The zero-order valence-corrected chi connectivity index (χ0v) is 6.89. The minimum Gasteiger partial charge on any atom is -0.372 e. The van der Waals surface area contributed by atoms with Gasteiger partial charge in [0, 0.05) is 6.61 Å². The van der Waals surface area contributed by atoms with Gasteiger partial charge in [-0.05, 0) is 18.3 Å². The molecule has 0 aromatic heterocycles. The second-order valence-corrected chi connectivity index (χ2v) is 3.29. The van der Waals surface area contributed by atoms with E-state index in [2.05, 4.69) is 0 Å². The fourth-order valence-electron chi connectivity index (χ4n) is 1.43. The number of halogens is 2. The molecule has 0 N–H and O–H groups in total. The number of ether oxygens (including phenoxy) is 1. The zero-order chi connectivity index (χ0) is 8.43. The lowest BCUT2D eigenvalue weighted by atomic mass is 9.86. The molecule has 1 aliphatic rings. The summed E-state index contributed by atoms with van der Waals surface area (Å²) in [6.45, 7) is 4.32. The van der Waals surface area contributed by atoms with Gasteiger partial charge in [0.2, 0.25) is 0 Å². The van der Waals surface area contributed by atoms with Gasteiger partial charge in [0.25, 0.3) is 6.43 Å². The molecular weight excluding hydrogens is 150 g/mol. The molecule has 3 atom stereocenters. The van der Waals surface area contributed by atoms with Crippen molar-refractivity contribution in [3.05, 3.63) is 0 Å². The molecule has 1 saturated heterocycles. The molecule has 1 nitrogen and oxygen atoms in total. The highest BCUT2D eigenvalue weighted by Gasteiger charge is 2.34. The standard InChI is InChI=1S/C8H14F2O/c1-5-3-4-11-7(6(5)2)8(9)10/h5-8H,3-4H2,1-2H3/t5-,6-,7-/m0/s1. The maximum atomic E-state index is 12.2. The van der Waals surface area contributed by atoms with Gasteiger partial charge in [-0.3, -0.25) is 0 Å². The van der Waals surface area contributed by atoms with Crippen molar-refractivity contribution >= 4 is 0 Å². The molecule has 1 aliphatic heterocycles. The molecule has 0 amide bonds. The lowest BCUT2D eigenvalue weighted by Crippen LogP contribution is -2.38. The molecule has 1 fully saturated rings. The minimum atomic E-state index is -2.33. The second-order valence-electron chi connectivity index (χ2n) is 3.29. The smallest absolute Gasteiger partial charge is 0.264 e. The monoisotopic (exact) mass is 164 g/mol. The fraction of sp³-hybridized carbons (Fsp3) is 1.00. The average molecular weight is 164 g/mol. The maximum Gasteiger partial charge on any atom is 0.264 e. The van der Waals surface area contributed by atoms with Crippen LogP contribution in [0.3, 0.4) is 0 Å². The van der Waals surface area contributed by atoms with Crippen LogP contribution in [0, 0.1) is 11.8 Å². The van der Waals surface area contributed by atoms with Gasteiger partial charge < -0.3 is 4.74 Å². The summed E-state index contributed by atoms with van der Waals surface area (Å²) >= 11 is 0. The van der Waals surface area contributed by atoms with Crippen LogP contribution in [0.25, 0.3) is 0 Å². The van der Waals surface area contributed by atoms with Gasteiger partial charge in [0.1, 0.15) is 6.10 Å². The number of alkyl halides is 2. The number of rotatable bonds is 1. The number of hydrogen-bond donors (Lipinski definition) is 0. The van der Waals surface area contributed by atoms with E-state index in [1.807, 2.05) is 13.8 Å². The lowest BCUT2D eigenvalue weighted by Gasteiger charge is -2.33.